The van der Waals surface area contributed by atoms with E-state index in [2.05, 4.69) is 39.8 Å². The lowest BCUT2D eigenvalue weighted by molar-refractivity contribution is 0.0987. The number of rotatable bonds is 10. The number of fused-ring (bicyclic) bond motifs is 2. The van der Waals surface area contributed by atoms with Crippen molar-refractivity contribution in [2.45, 2.75) is 33.2 Å². The minimum Gasteiger partial charge on any atom is -0.492 e. The van der Waals surface area contributed by atoms with Crippen LogP contribution in [-0.4, -0.2) is 86.1 Å². The van der Waals surface area contributed by atoms with E-state index in [0.29, 0.717) is 24.5 Å². The summed E-state index contributed by atoms with van der Waals surface area (Å²) in [5, 5.41) is 5.97. The molecule has 0 amide bonds. The van der Waals surface area contributed by atoms with Crippen LogP contribution in [-0.2, 0) is 19.4 Å². The standard InChI is InChI=1S/C32H37N7O2/c1-4-27-32-24(8-6-10-28(32)39(35-27)22-25-9-5-7-23(2)34-25)19-30(40)29-21-33-31-20-26(11-12-38(29)31)41-18-17-37-15-13-36(3)14-16-37/h5-12,20-21H,4,13-19,22H2,1-3H3. The predicted octanol–water partition coefficient (Wildman–Crippen LogP) is 4.05. The lowest BCUT2D eigenvalue weighted by Gasteiger charge is -2.32. The van der Waals surface area contributed by atoms with Gasteiger partial charge in [-0.25, -0.2) is 4.98 Å². The van der Waals surface area contributed by atoms with Crippen molar-refractivity contribution in [3.63, 3.8) is 0 Å². The molecule has 0 atom stereocenters. The average molecular weight is 552 g/mol. The molecule has 0 saturated carbocycles. The molecule has 0 aliphatic carbocycles. The Balaban J connectivity index is 1.18. The monoisotopic (exact) mass is 551 g/mol. The molecule has 1 saturated heterocycles. The van der Waals surface area contributed by atoms with Crippen molar-refractivity contribution in [3.05, 3.63) is 89.3 Å². The molecule has 0 radical (unpaired) electrons. The third-order valence-corrected chi connectivity index (χ3v) is 7.92. The van der Waals surface area contributed by atoms with Gasteiger partial charge in [-0.2, -0.15) is 5.10 Å². The lowest BCUT2D eigenvalue weighted by Crippen LogP contribution is -2.45. The van der Waals surface area contributed by atoms with E-state index in [4.69, 9.17) is 9.84 Å². The maximum absolute atomic E-state index is 13.6. The first-order valence-electron chi connectivity index (χ1n) is 14.4. The molecule has 6 rings (SSSR count). The number of imidazole rings is 1. The molecule has 0 spiro atoms. The van der Waals surface area contributed by atoms with Gasteiger partial charge in [0, 0.05) is 62.5 Å². The van der Waals surface area contributed by atoms with Gasteiger partial charge in [-0.3, -0.25) is 23.8 Å². The lowest BCUT2D eigenvalue weighted by atomic mass is 10.0. The SMILES string of the molecule is CCc1nn(Cc2cccc(C)n2)c2cccc(CC(=O)c3cnc4cc(OCCN5CCN(C)CC5)ccn34)c12. The number of Topliss-reactive ketones (excluding diaryl/α,β-unsaturated/α-hetero) is 1. The fourth-order valence-electron chi connectivity index (χ4n) is 5.63. The van der Waals surface area contributed by atoms with Gasteiger partial charge in [0.1, 0.15) is 23.7 Å². The maximum atomic E-state index is 13.6. The van der Waals surface area contributed by atoms with E-state index in [0.717, 1.165) is 78.4 Å². The van der Waals surface area contributed by atoms with Crippen molar-refractivity contribution in [2.75, 3.05) is 46.4 Å². The fourth-order valence-corrected chi connectivity index (χ4v) is 5.63. The van der Waals surface area contributed by atoms with E-state index in [9.17, 15) is 4.79 Å². The van der Waals surface area contributed by atoms with Crippen molar-refractivity contribution in [1.82, 2.24) is 33.9 Å². The number of pyridine rings is 2. The summed E-state index contributed by atoms with van der Waals surface area (Å²) in [6.45, 7) is 10.6. The second kappa shape index (κ2) is 11.8. The van der Waals surface area contributed by atoms with Crippen LogP contribution in [0.2, 0.25) is 0 Å². The van der Waals surface area contributed by atoms with Crippen LogP contribution >= 0.6 is 0 Å². The second-order valence-corrected chi connectivity index (χ2v) is 10.9. The van der Waals surface area contributed by atoms with Crippen LogP contribution in [0.15, 0.2) is 60.9 Å². The van der Waals surface area contributed by atoms with Gasteiger partial charge in [0.2, 0.25) is 0 Å². The number of ketones is 1. The van der Waals surface area contributed by atoms with Crippen LogP contribution in [0.1, 0.15) is 40.1 Å². The Morgan fingerprint density at radius 2 is 1.88 bits per heavy atom. The molecule has 41 heavy (non-hydrogen) atoms. The van der Waals surface area contributed by atoms with E-state index in [-0.39, 0.29) is 12.2 Å². The molecule has 5 heterocycles. The predicted molar refractivity (Wildman–Crippen MR) is 160 cm³/mol. The van der Waals surface area contributed by atoms with Crippen molar-refractivity contribution >= 4 is 22.3 Å². The van der Waals surface area contributed by atoms with Gasteiger partial charge < -0.3 is 9.64 Å². The summed E-state index contributed by atoms with van der Waals surface area (Å²) < 4.78 is 9.88. The summed E-state index contributed by atoms with van der Waals surface area (Å²) in [4.78, 5) is 27.5. The van der Waals surface area contributed by atoms with Gasteiger partial charge in [0.05, 0.1) is 29.6 Å². The molecule has 0 N–H and O–H groups in total. The number of nitrogens with zero attached hydrogens (tertiary/aromatic N) is 7. The number of likely N-dealkylation sites (N-methyl/N-ethyl adjacent to an activating group) is 1. The topological polar surface area (TPSA) is 80.8 Å². The highest BCUT2D eigenvalue weighted by Gasteiger charge is 2.19. The number of carbonyl (C=O) groups excluding carboxylic acids is 1. The highest BCUT2D eigenvalue weighted by Crippen LogP contribution is 2.26. The van der Waals surface area contributed by atoms with Crippen LogP contribution in [0.3, 0.4) is 0 Å². The van der Waals surface area contributed by atoms with Gasteiger partial charge in [-0.05, 0) is 50.2 Å². The third-order valence-electron chi connectivity index (χ3n) is 7.92. The Kier molecular flexibility index (Phi) is 7.80. The van der Waals surface area contributed by atoms with Crippen LogP contribution in [0.5, 0.6) is 5.75 Å². The zero-order valence-electron chi connectivity index (χ0n) is 24.1. The summed E-state index contributed by atoms with van der Waals surface area (Å²) >= 11 is 0. The maximum Gasteiger partial charge on any atom is 0.185 e. The van der Waals surface area contributed by atoms with Crippen molar-refractivity contribution in [1.29, 1.82) is 0 Å². The van der Waals surface area contributed by atoms with Crippen LogP contribution < -0.4 is 4.74 Å². The van der Waals surface area contributed by atoms with Gasteiger partial charge in [0.25, 0.3) is 0 Å². The highest BCUT2D eigenvalue weighted by molar-refractivity contribution is 5.99. The van der Waals surface area contributed by atoms with E-state index in [1.165, 1.54) is 0 Å². The number of carbonyl (C=O) groups is 1. The molecular weight excluding hydrogens is 514 g/mol. The number of aromatic nitrogens is 5. The largest absolute Gasteiger partial charge is 0.492 e. The first-order chi connectivity index (χ1) is 20.0. The second-order valence-electron chi connectivity index (χ2n) is 10.9. The first kappa shape index (κ1) is 27.1. The van der Waals surface area contributed by atoms with Crippen LogP contribution in [0.25, 0.3) is 16.6 Å². The summed E-state index contributed by atoms with van der Waals surface area (Å²) in [5.74, 6) is 0.785. The van der Waals surface area contributed by atoms with Gasteiger partial charge >= 0.3 is 0 Å². The Morgan fingerprint density at radius 3 is 2.68 bits per heavy atom. The number of aryl methyl sites for hydroxylation is 2. The number of piperazine rings is 1. The van der Waals surface area contributed by atoms with Gasteiger partial charge in [0.15, 0.2) is 5.78 Å². The minimum absolute atomic E-state index is 0.0175. The highest BCUT2D eigenvalue weighted by atomic mass is 16.5. The Hall–Kier alpha value is -4.08. The van der Waals surface area contributed by atoms with Gasteiger partial charge in [-0.1, -0.05) is 25.1 Å². The summed E-state index contributed by atoms with van der Waals surface area (Å²) in [7, 11) is 2.16. The van der Waals surface area contributed by atoms with Crippen molar-refractivity contribution in [3.8, 4) is 5.75 Å². The van der Waals surface area contributed by atoms with E-state index in [1.807, 2.05) is 64.7 Å². The van der Waals surface area contributed by atoms with Crippen molar-refractivity contribution < 1.29 is 9.53 Å². The third kappa shape index (κ3) is 5.87. The van der Waals surface area contributed by atoms with E-state index >= 15 is 0 Å². The first-order valence-corrected chi connectivity index (χ1v) is 14.4. The van der Waals surface area contributed by atoms with Crippen LogP contribution in [0, 0.1) is 6.92 Å². The molecule has 9 nitrogen and oxygen atoms in total. The number of benzene rings is 1. The average Bonchev–Trinajstić information content (AvgIpc) is 3.56. The molecule has 4 aromatic heterocycles. The molecule has 0 unspecified atom stereocenters. The Labute approximate surface area is 240 Å². The Morgan fingerprint density at radius 1 is 1.05 bits per heavy atom. The van der Waals surface area contributed by atoms with E-state index in [1.54, 1.807) is 6.20 Å². The smallest absolute Gasteiger partial charge is 0.185 e. The summed E-state index contributed by atoms with van der Waals surface area (Å²) in [5.41, 5.74) is 6.21. The number of hydrogen-bond acceptors (Lipinski definition) is 7. The molecule has 1 aromatic carbocycles. The number of ether oxygens (including phenoxy) is 1. The normalized spacial score (nSPS) is 14.7. The van der Waals surface area contributed by atoms with Crippen molar-refractivity contribution in [2.24, 2.45) is 0 Å². The Bertz CT molecular complexity index is 1680. The quantitative estimate of drug-likeness (QED) is 0.242. The molecule has 9 heteroatoms. The zero-order valence-corrected chi connectivity index (χ0v) is 24.1. The number of hydrogen-bond donors (Lipinski definition) is 0. The molecule has 1 fully saturated rings. The summed E-state index contributed by atoms with van der Waals surface area (Å²) in [6, 6.07) is 16.0. The zero-order chi connectivity index (χ0) is 28.3. The summed E-state index contributed by atoms with van der Waals surface area (Å²) in [6.07, 6.45) is 4.60. The molecule has 1 aliphatic heterocycles. The molecule has 0 bridgehead atoms. The fraction of sp³-hybridized carbons (Fsp3) is 0.375. The molecule has 5 aromatic rings. The van der Waals surface area contributed by atoms with Crippen LogP contribution in [0.4, 0.5) is 0 Å². The van der Waals surface area contributed by atoms with E-state index < -0.39 is 0 Å². The molecule has 1 aliphatic rings. The minimum atomic E-state index is 0.0175. The molecule has 212 valence electrons. The molecular formula is C32H37N7O2. The van der Waals surface area contributed by atoms with Gasteiger partial charge in [-0.15, -0.1) is 0 Å².